The van der Waals surface area contributed by atoms with Gasteiger partial charge in [-0.05, 0) is 51.8 Å². The smallest absolute Gasteiger partial charge is 0.238 e. The number of aliphatic hydroxyl groups is 1. The number of nitrogens with zero attached hydrogens (tertiary/aromatic N) is 3. The molecular weight excluding hydrogens is 292 g/mol. The third kappa shape index (κ3) is 6.15. The predicted octanol–water partition coefficient (Wildman–Crippen LogP) is 1.71. The fourth-order valence-electron chi connectivity index (χ4n) is 2.70. The molecule has 1 saturated heterocycles. The van der Waals surface area contributed by atoms with Crippen molar-refractivity contribution in [3.8, 4) is 0 Å². The van der Waals surface area contributed by atoms with E-state index in [1.165, 1.54) is 19.3 Å². The summed E-state index contributed by atoms with van der Waals surface area (Å²) in [4.78, 5) is 20.7. The van der Waals surface area contributed by atoms with E-state index in [9.17, 15) is 9.90 Å². The van der Waals surface area contributed by atoms with Crippen molar-refractivity contribution in [2.45, 2.75) is 38.7 Å². The third-order valence-electron chi connectivity index (χ3n) is 4.05. The molecule has 1 aromatic heterocycles. The van der Waals surface area contributed by atoms with Crippen molar-refractivity contribution in [1.29, 1.82) is 0 Å². The zero-order valence-corrected chi connectivity index (χ0v) is 14.2. The van der Waals surface area contributed by atoms with E-state index < -0.39 is 0 Å². The summed E-state index contributed by atoms with van der Waals surface area (Å²) in [6, 6.07) is 3.88. The molecule has 1 amide bonds. The summed E-state index contributed by atoms with van der Waals surface area (Å²) >= 11 is 0. The summed E-state index contributed by atoms with van der Waals surface area (Å²) in [5.74, 6) is 0.919. The van der Waals surface area contributed by atoms with Crippen LogP contribution in [0.25, 0.3) is 0 Å². The predicted molar refractivity (Wildman–Crippen MR) is 92.7 cm³/mol. The van der Waals surface area contributed by atoms with E-state index >= 15 is 0 Å². The van der Waals surface area contributed by atoms with Crippen LogP contribution in [-0.2, 0) is 4.79 Å². The fraction of sp³-hybridized carbons (Fsp3) is 0.647. The maximum atomic E-state index is 12.0. The van der Waals surface area contributed by atoms with E-state index in [1.807, 2.05) is 24.1 Å². The lowest BCUT2D eigenvalue weighted by Crippen LogP contribution is -2.32. The van der Waals surface area contributed by atoms with E-state index in [-0.39, 0.29) is 12.0 Å². The van der Waals surface area contributed by atoms with E-state index in [1.54, 1.807) is 13.1 Å². The minimum Gasteiger partial charge on any atom is -0.393 e. The SMILES string of the molecule is CC(O)CCN(C)CC(=O)Nc1ccc(N2CCCCC2)nc1. The van der Waals surface area contributed by atoms with Gasteiger partial charge < -0.3 is 15.3 Å². The molecule has 0 aromatic carbocycles. The Morgan fingerprint density at radius 1 is 1.39 bits per heavy atom. The maximum absolute atomic E-state index is 12.0. The average molecular weight is 320 g/mol. The van der Waals surface area contributed by atoms with Crippen LogP contribution < -0.4 is 10.2 Å². The molecule has 6 heteroatoms. The van der Waals surface area contributed by atoms with Gasteiger partial charge in [-0.15, -0.1) is 0 Å². The number of hydrogen-bond acceptors (Lipinski definition) is 5. The van der Waals surface area contributed by atoms with Gasteiger partial charge in [-0.2, -0.15) is 0 Å². The number of pyridine rings is 1. The van der Waals surface area contributed by atoms with E-state index in [2.05, 4.69) is 15.2 Å². The molecule has 1 aliphatic heterocycles. The third-order valence-corrected chi connectivity index (χ3v) is 4.05. The van der Waals surface area contributed by atoms with Crippen LogP contribution in [0.2, 0.25) is 0 Å². The van der Waals surface area contributed by atoms with Gasteiger partial charge in [0.1, 0.15) is 5.82 Å². The number of rotatable bonds is 7. The van der Waals surface area contributed by atoms with Gasteiger partial charge in [0.25, 0.3) is 0 Å². The van der Waals surface area contributed by atoms with Crippen molar-refractivity contribution in [3.05, 3.63) is 18.3 Å². The zero-order valence-electron chi connectivity index (χ0n) is 14.2. The second-order valence-corrected chi connectivity index (χ2v) is 6.38. The highest BCUT2D eigenvalue weighted by Crippen LogP contribution is 2.18. The zero-order chi connectivity index (χ0) is 16.7. The Labute approximate surface area is 138 Å². The quantitative estimate of drug-likeness (QED) is 0.800. The Hall–Kier alpha value is -1.66. The minimum atomic E-state index is -0.341. The number of amides is 1. The number of nitrogens with one attached hydrogen (secondary N) is 1. The highest BCUT2D eigenvalue weighted by atomic mass is 16.3. The molecule has 2 rings (SSSR count). The molecule has 0 radical (unpaired) electrons. The van der Waals surface area contributed by atoms with Gasteiger partial charge in [0.2, 0.25) is 5.91 Å². The molecule has 6 nitrogen and oxygen atoms in total. The van der Waals surface area contributed by atoms with Gasteiger partial charge in [-0.25, -0.2) is 4.98 Å². The van der Waals surface area contributed by atoms with Crippen LogP contribution in [0.5, 0.6) is 0 Å². The summed E-state index contributed by atoms with van der Waals surface area (Å²) in [6.07, 6.45) is 5.78. The normalized spacial score (nSPS) is 16.4. The van der Waals surface area contributed by atoms with Gasteiger partial charge in [0.05, 0.1) is 24.5 Å². The first-order chi connectivity index (χ1) is 11.0. The summed E-state index contributed by atoms with van der Waals surface area (Å²) in [5, 5.41) is 12.1. The number of aliphatic hydroxyl groups excluding tert-OH is 1. The molecule has 128 valence electrons. The van der Waals surface area contributed by atoms with Crippen LogP contribution in [0.4, 0.5) is 11.5 Å². The van der Waals surface area contributed by atoms with Crippen molar-refractivity contribution in [3.63, 3.8) is 0 Å². The fourth-order valence-corrected chi connectivity index (χ4v) is 2.70. The molecule has 1 aliphatic rings. The van der Waals surface area contributed by atoms with Crippen LogP contribution in [0.15, 0.2) is 18.3 Å². The van der Waals surface area contributed by atoms with Gasteiger partial charge >= 0.3 is 0 Å². The van der Waals surface area contributed by atoms with Crippen LogP contribution in [0.3, 0.4) is 0 Å². The summed E-state index contributed by atoms with van der Waals surface area (Å²) in [6.45, 7) is 4.88. The lowest BCUT2D eigenvalue weighted by molar-refractivity contribution is -0.117. The average Bonchev–Trinajstić information content (AvgIpc) is 2.54. The second kappa shape index (κ2) is 8.84. The Morgan fingerprint density at radius 2 is 2.13 bits per heavy atom. The van der Waals surface area contributed by atoms with Crippen LogP contribution >= 0.6 is 0 Å². The molecule has 1 atom stereocenters. The molecule has 2 heterocycles. The number of carbonyl (C=O) groups excluding carboxylic acids is 1. The van der Waals surface area contributed by atoms with E-state index in [4.69, 9.17) is 0 Å². The Balaban J connectivity index is 1.79. The van der Waals surface area contributed by atoms with Crippen molar-refractivity contribution in [2.24, 2.45) is 0 Å². The molecule has 0 aliphatic carbocycles. The van der Waals surface area contributed by atoms with Crippen molar-refractivity contribution >= 4 is 17.4 Å². The lowest BCUT2D eigenvalue weighted by Gasteiger charge is -2.27. The molecule has 2 N–H and O–H groups in total. The highest BCUT2D eigenvalue weighted by molar-refractivity contribution is 5.92. The molecule has 1 unspecified atom stereocenters. The molecule has 1 aromatic rings. The number of anilines is 2. The first-order valence-corrected chi connectivity index (χ1v) is 8.42. The summed E-state index contributed by atoms with van der Waals surface area (Å²) in [5.41, 5.74) is 0.722. The summed E-state index contributed by atoms with van der Waals surface area (Å²) < 4.78 is 0. The monoisotopic (exact) mass is 320 g/mol. The van der Waals surface area contributed by atoms with Crippen LogP contribution in [0, 0.1) is 0 Å². The molecule has 1 fully saturated rings. The van der Waals surface area contributed by atoms with E-state index in [0.717, 1.165) is 24.6 Å². The first kappa shape index (κ1) is 17.7. The Bertz CT molecular complexity index is 484. The molecule has 0 bridgehead atoms. The highest BCUT2D eigenvalue weighted by Gasteiger charge is 2.12. The lowest BCUT2D eigenvalue weighted by atomic mass is 10.1. The van der Waals surface area contributed by atoms with Crippen molar-refractivity contribution < 1.29 is 9.90 Å². The van der Waals surface area contributed by atoms with Gasteiger partial charge in [0.15, 0.2) is 0 Å². The van der Waals surface area contributed by atoms with E-state index in [0.29, 0.717) is 19.5 Å². The number of carbonyl (C=O) groups is 1. The second-order valence-electron chi connectivity index (χ2n) is 6.38. The standard InChI is InChI=1S/C17H28N4O2/c1-14(22)8-11-20(2)13-17(23)19-15-6-7-16(18-12-15)21-9-4-3-5-10-21/h6-7,12,14,22H,3-5,8-11,13H2,1-2H3,(H,19,23). The first-order valence-electron chi connectivity index (χ1n) is 8.42. The van der Waals surface area contributed by atoms with Gasteiger partial charge in [-0.1, -0.05) is 0 Å². The van der Waals surface area contributed by atoms with Gasteiger partial charge in [0, 0.05) is 19.6 Å². The van der Waals surface area contributed by atoms with Crippen molar-refractivity contribution in [2.75, 3.05) is 43.4 Å². The molecule has 23 heavy (non-hydrogen) atoms. The summed E-state index contributed by atoms with van der Waals surface area (Å²) in [7, 11) is 1.87. The van der Waals surface area contributed by atoms with Crippen LogP contribution in [-0.4, -0.2) is 60.2 Å². The molecular formula is C17H28N4O2. The minimum absolute atomic E-state index is 0.0642. The Morgan fingerprint density at radius 3 is 2.74 bits per heavy atom. The Kier molecular flexibility index (Phi) is 6.80. The largest absolute Gasteiger partial charge is 0.393 e. The maximum Gasteiger partial charge on any atom is 0.238 e. The molecule has 0 spiro atoms. The van der Waals surface area contributed by atoms with Crippen molar-refractivity contribution in [1.82, 2.24) is 9.88 Å². The van der Waals surface area contributed by atoms with Crippen LogP contribution in [0.1, 0.15) is 32.6 Å². The van der Waals surface area contributed by atoms with Gasteiger partial charge in [-0.3, -0.25) is 9.69 Å². The number of piperidine rings is 1. The number of aromatic nitrogens is 1. The molecule has 0 saturated carbocycles. The number of hydrogen-bond donors (Lipinski definition) is 2. The topological polar surface area (TPSA) is 68.7 Å². The number of likely N-dealkylation sites (N-methyl/N-ethyl adjacent to an activating group) is 1.